The molecule has 12 heavy (non-hydrogen) atoms. The van der Waals surface area contributed by atoms with Crippen LogP contribution < -0.4 is 0 Å². The zero-order chi connectivity index (χ0) is 9.14. The minimum atomic E-state index is -0.153. The molecule has 1 aromatic heterocycles. The summed E-state index contributed by atoms with van der Waals surface area (Å²) in [4.78, 5) is 25.0. The monoisotopic (exact) mass is 227 g/mol. The molecule has 0 N–H and O–H groups in total. The predicted molar refractivity (Wildman–Crippen MR) is 47.3 cm³/mol. The van der Waals surface area contributed by atoms with Crippen molar-refractivity contribution < 1.29 is 9.59 Å². The van der Waals surface area contributed by atoms with Crippen LogP contribution in [0.2, 0.25) is 0 Å². The molecular weight excluding hydrogens is 222 g/mol. The normalized spacial score (nSPS) is 9.50. The number of ketones is 1. The van der Waals surface area contributed by atoms with Crippen molar-refractivity contribution in [1.82, 2.24) is 4.98 Å². The summed E-state index contributed by atoms with van der Waals surface area (Å²) in [5.74, 6) is -0.153. The van der Waals surface area contributed by atoms with E-state index >= 15 is 0 Å². The maximum Gasteiger partial charge on any atom is 0.178 e. The highest BCUT2D eigenvalue weighted by atomic mass is 79.9. The molecule has 0 bridgehead atoms. The Morgan fingerprint density at radius 3 is 2.75 bits per heavy atom. The number of rotatable bonds is 2. The van der Waals surface area contributed by atoms with E-state index in [4.69, 9.17) is 0 Å². The Balaban J connectivity index is 3.23. The van der Waals surface area contributed by atoms with E-state index in [1.165, 1.54) is 6.92 Å². The maximum atomic E-state index is 10.9. The second-order valence-electron chi connectivity index (χ2n) is 2.27. The summed E-state index contributed by atoms with van der Waals surface area (Å²) < 4.78 is 0.685. The summed E-state index contributed by atoms with van der Waals surface area (Å²) >= 11 is 3.17. The number of halogens is 1. The van der Waals surface area contributed by atoms with Crippen molar-refractivity contribution in [3.63, 3.8) is 0 Å². The standard InChI is InChI=1S/C8H6BrNO2/c1-5(12)8-3-6(9)2-7(4-11)10-8/h2-4H,1H3. The molecule has 0 radical (unpaired) electrons. The molecule has 0 aliphatic rings. The lowest BCUT2D eigenvalue weighted by atomic mass is 10.2. The predicted octanol–water partition coefficient (Wildman–Crippen LogP) is 1.86. The lowest BCUT2D eigenvalue weighted by molar-refractivity contribution is 0.101. The van der Waals surface area contributed by atoms with Crippen LogP contribution in [0.5, 0.6) is 0 Å². The number of hydrogen-bond acceptors (Lipinski definition) is 3. The molecule has 0 atom stereocenters. The molecule has 0 amide bonds. The van der Waals surface area contributed by atoms with E-state index in [0.29, 0.717) is 16.5 Å². The van der Waals surface area contributed by atoms with Gasteiger partial charge in [-0.25, -0.2) is 4.98 Å². The van der Waals surface area contributed by atoms with Gasteiger partial charge in [0.05, 0.1) is 0 Å². The van der Waals surface area contributed by atoms with Crippen LogP contribution >= 0.6 is 15.9 Å². The van der Waals surface area contributed by atoms with E-state index in [1.807, 2.05) is 0 Å². The third-order valence-electron chi connectivity index (χ3n) is 1.29. The third kappa shape index (κ3) is 1.98. The van der Waals surface area contributed by atoms with E-state index < -0.39 is 0 Å². The number of carbonyl (C=O) groups is 2. The van der Waals surface area contributed by atoms with Gasteiger partial charge in [0.1, 0.15) is 11.4 Å². The third-order valence-corrected chi connectivity index (χ3v) is 1.75. The molecule has 1 aromatic rings. The van der Waals surface area contributed by atoms with Gasteiger partial charge < -0.3 is 0 Å². The van der Waals surface area contributed by atoms with Crippen LogP contribution in [0.25, 0.3) is 0 Å². The summed E-state index contributed by atoms with van der Waals surface area (Å²) in [6, 6.07) is 3.13. The van der Waals surface area contributed by atoms with Crippen molar-refractivity contribution in [2.45, 2.75) is 6.92 Å². The van der Waals surface area contributed by atoms with Gasteiger partial charge >= 0.3 is 0 Å². The SMILES string of the molecule is CC(=O)c1cc(Br)cc(C=O)n1. The Labute approximate surface area is 77.9 Å². The molecule has 1 heterocycles. The lowest BCUT2D eigenvalue weighted by Gasteiger charge is -1.96. The molecule has 0 aromatic carbocycles. The molecule has 1 rings (SSSR count). The summed E-state index contributed by atoms with van der Waals surface area (Å²) in [6.45, 7) is 1.41. The van der Waals surface area contributed by atoms with Crippen LogP contribution in [-0.4, -0.2) is 17.1 Å². The first-order chi connectivity index (χ1) is 5.63. The Bertz CT molecular complexity index is 336. The van der Waals surface area contributed by atoms with Gasteiger partial charge in [0.2, 0.25) is 0 Å². The molecular formula is C8H6BrNO2. The molecule has 0 spiro atoms. The Morgan fingerprint density at radius 1 is 1.58 bits per heavy atom. The smallest absolute Gasteiger partial charge is 0.178 e. The maximum absolute atomic E-state index is 10.9. The molecule has 4 heteroatoms. The zero-order valence-corrected chi connectivity index (χ0v) is 7.96. The molecule has 3 nitrogen and oxygen atoms in total. The Hall–Kier alpha value is -1.03. The minimum absolute atomic E-state index is 0.153. The zero-order valence-electron chi connectivity index (χ0n) is 6.37. The van der Waals surface area contributed by atoms with E-state index in [1.54, 1.807) is 12.1 Å². The number of carbonyl (C=O) groups excluding carboxylic acids is 2. The fourth-order valence-corrected chi connectivity index (χ4v) is 1.21. The van der Waals surface area contributed by atoms with E-state index in [-0.39, 0.29) is 11.5 Å². The van der Waals surface area contributed by atoms with Crippen LogP contribution in [0.1, 0.15) is 27.9 Å². The van der Waals surface area contributed by atoms with E-state index in [0.717, 1.165) is 0 Å². The summed E-state index contributed by atoms with van der Waals surface area (Å²) in [6.07, 6.45) is 0.608. The van der Waals surface area contributed by atoms with Gasteiger partial charge in [0.25, 0.3) is 0 Å². The Morgan fingerprint density at radius 2 is 2.25 bits per heavy atom. The van der Waals surface area contributed by atoms with Gasteiger partial charge in [-0.05, 0) is 12.1 Å². The van der Waals surface area contributed by atoms with Crippen molar-refractivity contribution in [2.75, 3.05) is 0 Å². The van der Waals surface area contributed by atoms with Crippen molar-refractivity contribution in [2.24, 2.45) is 0 Å². The molecule has 0 saturated heterocycles. The highest BCUT2D eigenvalue weighted by molar-refractivity contribution is 9.10. The average molecular weight is 228 g/mol. The van der Waals surface area contributed by atoms with Crippen molar-refractivity contribution in [3.8, 4) is 0 Å². The van der Waals surface area contributed by atoms with Crippen LogP contribution in [-0.2, 0) is 0 Å². The van der Waals surface area contributed by atoms with Crippen molar-refractivity contribution in [3.05, 3.63) is 28.0 Å². The van der Waals surface area contributed by atoms with Gasteiger partial charge in [-0.2, -0.15) is 0 Å². The first-order valence-electron chi connectivity index (χ1n) is 3.27. The highest BCUT2D eigenvalue weighted by Crippen LogP contribution is 2.11. The molecule has 0 aliphatic heterocycles. The van der Waals surface area contributed by atoms with Crippen molar-refractivity contribution in [1.29, 1.82) is 0 Å². The summed E-state index contributed by atoms with van der Waals surface area (Å²) in [7, 11) is 0. The fourth-order valence-electron chi connectivity index (χ4n) is 0.758. The highest BCUT2D eigenvalue weighted by Gasteiger charge is 2.03. The molecule has 0 saturated carbocycles. The van der Waals surface area contributed by atoms with E-state index in [9.17, 15) is 9.59 Å². The first-order valence-corrected chi connectivity index (χ1v) is 4.06. The second kappa shape index (κ2) is 3.58. The Kier molecular flexibility index (Phi) is 2.70. The number of nitrogens with zero attached hydrogens (tertiary/aromatic N) is 1. The number of aldehydes is 1. The summed E-state index contributed by atoms with van der Waals surface area (Å²) in [5, 5.41) is 0. The van der Waals surface area contributed by atoms with Crippen LogP contribution in [0.3, 0.4) is 0 Å². The lowest BCUT2D eigenvalue weighted by Crippen LogP contribution is -1.99. The minimum Gasteiger partial charge on any atom is -0.296 e. The molecule has 0 aliphatic carbocycles. The van der Waals surface area contributed by atoms with Crippen molar-refractivity contribution >= 4 is 28.0 Å². The first kappa shape index (κ1) is 9.06. The van der Waals surface area contributed by atoms with Gasteiger partial charge in [-0.15, -0.1) is 0 Å². The fraction of sp³-hybridized carbons (Fsp3) is 0.125. The van der Waals surface area contributed by atoms with Gasteiger partial charge in [-0.1, -0.05) is 15.9 Å². The number of aromatic nitrogens is 1. The van der Waals surface area contributed by atoms with Crippen LogP contribution in [0.15, 0.2) is 16.6 Å². The van der Waals surface area contributed by atoms with Crippen LogP contribution in [0, 0.1) is 0 Å². The van der Waals surface area contributed by atoms with E-state index in [2.05, 4.69) is 20.9 Å². The second-order valence-corrected chi connectivity index (χ2v) is 3.19. The largest absolute Gasteiger partial charge is 0.296 e. The number of pyridine rings is 1. The average Bonchev–Trinajstić information content (AvgIpc) is 2.03. The quantitative estimate of drug-likeness (QED) is 0.573. The van der Waals surface area contributed by atoms with Crippen LogP contribution in [0.4, 0.5) is 0 Å². The van der Waals surface area contributed by atoms with Gasteiger partial charge in [-0.3, -0.25) is 9.59 Å². The number of hydrogen-bond donors (Lipinski definition) is 0. The van der Waals surface area contributed by atoms with Gasteiger partial charge in [0.15, 0.2) is 12.1 Å². The molecule has 62 valence electrons. The molecule has 0 fully saturated rings. The topological polar surface area (TPSA) is 47.0 Å². The molecule has 0 unspecified atom stereocenters. The summed E-state index contributed by atoms with van der Waals surface area (Å²) in [5.41, 5.74) is 0.557. The number of Topliss-reactive ketones (excluding diaryl/α,β-unsaturated/α-hetero) is 1. The van der Waals surface area contributed by atoms with Gasteiger partial charge in [0, 0.05) is 11.4 Å².